The van der Waals surface area contributed by atoms with Gasteiger partial charge in [0.1, 0.15) is 0 Å². The number of anilines is 1. The lowest BCUT2D eigenvalue weighted by atomic mass is 10.1. The number of aliphatic hydroxyl groups excluding tert-OH is 1. The lowest BCUT2D eigenvalue weighted by Crippen LogP contribution is -2.38. The zero-order valence-corrected chi connectivity index (χ0v) is 9.57. The van der Waals surface area contributed by atoms with Gasteiger partial charge in [-0.2, -0.15) is 0 Å². The minimum atomic E-state index is -0.171. The van der Waals surface area contributed by atoms with Crippen molar-refractivity contribution < 1.29 is 5.11 Å². The minimum Gasteiger partial charge on any atom is -0.391 e. The number of hydrogen-bond acceptors (Lipinski definition) is 2. The Morgan fingerprint density at radius 2 is 2.14 bits per heavy atom. The molecule has 1 aromatic carbocycles. The van der Waals surface area contributed by atoms with Crippen LogP contribution in [0.15, 0.2) is 28.7 Å². The van der Waals surface area contributed by atoms with Crippen LogP contribution in [0.5, 0.6) is 0 Å². The van der Waals surface area contributed by atoms with E-state index in [1.807, 2.05) is 18.2 Å². The molecule has 0 spiro atoms. The molecule has 1 aliphatic heterocycles. The molecule has 1 aliphatic rings. The van der Waals surface area contributed by atoms with Crippen molar-refractivity contribution in [2.45, 2.75) is 18.9 Å². The Labute approximate surface area is 92.7 Å². The van der Waals surface area contributed by atoms with E-state index in [1.54, 1.807) is 0 Å². The summed E-state index contributed by atoms with van der Waals surface area (Å²) >= 11 is 3.53. The summed E-state index contributed by atoms with van der Waals surface area (Å²) in [6.45, 7) is 1.79. The molecule has 76 valence electrons. The van der Waals surface area contributed by atoms with Crippen LogP contribution in [0.25, 0.3) is 0 Å². The number of β-amino-alcohol motifs (C(OH)–C–C–N with tert-alkyl or cyclic N) is 1. The van der Waals surface area contributed by atoms with Crippen LogP contribution in [0.4, 0.5) is 5.69 Å². The van der Waals surface area contributed by atoms with Crippen molar-refractivity contribution in [2.24, 2.45) is 0 Å². The van der Waals surface area contributed by atoms with Crippen molar-refractivity contribution in [1.82, 2.24) is 0 Å². The van der Waals surface area contributed by atoms with E-state index < -0.39 is 0 Å². The molecular weight excluding hydrogens is 242 g/mol. The SMILES string of the molecule is O[C@H]1CCCN(c2ccccc2Br)C1. The molecule has 1 N–H and O–H groups in total. The first-order valence-electron chi connectivity index (χ1n) is 4.95. The first kappa shape index (κ1) is 9.99. The number of hydrogen-bond donors (Lipinski definition) is 1. The van der Waals surface area contributed by atoms with Crippen molar-refractivity contribution in [3.05, 3.63) is 28.7 Å². The molecule has 1 fully saturated rings. The number of para-hydroxylation sites is 1. The van der Waals surface area contributed by atoms with Gasteiger partial charge in [-0.1, -0.05) is 12.1 Å². The molecule has 0 aromatic heterocycles. The van der Waals surface area contributed by atoms with Crippen LogP contribution in [-0.4, -0.2) is 24.3 Å². The van der Waals surface area contributed by atoms with Gasteiger partial charge >= 0.3 is 0 Å². The van der Waals surface area contributed by atoms with Gasteiger partial charge in [-0.05, 0) is 40.9 Å². The Bertz CT molecular complexity index is 316. The smallest absolute Gasteiger partial charge is 0.0715 e. The van der Waals surface area contributed by atoms with E-state index in [0.717, 1.165) is 30.4 Å². The quantitative estimate of drug-likeness (QED) is 0.834. The predicted molar refractivity (Wildman–Crippen MR) is 61.6 cm³/mol. The highest BCUT2D eigenvalue weighted by Gasteiger charge is 2.18. The standard InChI is InChI=1S/C11H14BrNO/c12-10-5-1-2-6-11(10)13-7-3-4-9(14)8-13/h1-2,5-6,9,14H,3-4,7-8H2/t9-/m0/s1. The van der Waals surface area contributed by atoms with Gasteiger partial charge in [-0.3, -0.25) is 0 Å². The van der Waals surface area contributed by atoms with Gasteiger partial charge in [-0.25, -0.2) is 0 Å². The van der Waals surface area contributed by atoms with E-state index in [-0.39, 0.29) is 6.10 Å². The molecule has 1 aromatic rings. The Hall–Kier alpha value is -0.540. The monoisotopic (exact) mass is 255 g/mol. The van der Waals surface area contributed by atoms with Crippen LogP contribution in [-0.2, 0) is 0 Å². The third-order valence-corrected chi connectivity index (χ3v) is 3.26. The number of aliphatic hydroxyl groups is 1. The highest BCUT2D eigenvalue weighted by Crippen LogP contribution is 2.27. The molecule has 3 heteroatoms. The zero-order valence-electron chi connectivity index (χ0n) is 7.99. The van der Waals surface area contributed by atoms with Gasteiger partial charge < -0.3 is 10.0 Å². The van der Waals surface area contributed by atoms with Crippen molar-refractivity contribution in [3.63, 3.8) is 0 Å². The summed E-state index contributed by atoms with van der Waals surface area (Å²) in [6.07, 6.45) is 1.83. The van der Waals surface area contributed by atoms with E-state index in [0.29, 0.717) is 0 Å². The topological polar surface area (TPSA) is 23.5 Å². The molecule has 0 unspecified atom stereocenters. The molecule has 0 bridgehead atoms. The van der Waals surface area contributed by atoms with E-state index in [9.17, 15) is 5.11 Å². The summed E-state index contributed by atoms with van der Waals surface area (Å²) in [5, 5.41) is 9.57. The molecule has 14 heavy (non-hydrogen) atoms. The van der Waals surface area contributed by atoms with Crippen molar-refractivity contribution in [2.75, 3.05) is 18.0 Å². The van der Waals surface area contributed by atoms with Gasteiger partial charge in [0, 0.05) is 17.6 Å². The molecule has 2 rings (SSSR count). The van der Waals surface area contributed by atoms with E-state index in [1.165, 1.54) is 5.69 Å². The fraction of sp³-hybridized carbons (Fsp3) is 0.455. The number of nitrogens with zero attached hydrogens (tertiary/aromatic N) is 1. The average Bonchev–Trinajstić information content (AvgIpc) is 2.18. The zero-order chi connectivity index (χ0) is 9.97. The van der Waals surface area contributed by atoms with Crippen molar-refractivity contribution in [1.29, 1.82) is 0 Å². The fourth-order valence-electron chi connectivity index (χ4n) is 1.88. The fourth-order valence-corrected chi connectivity index (χ4v) is 2.42. The average molecular weight is 256 g/mol. The second-order valence-corrected chi connectivity index (χ2v) is 4.55. The molecule has 1 heterocycles. The number of piperidine rings is 1. The normalized spacial score (nSPS) is 22.4. The second-order valence-electron chi connectivity index (χ2n) is 3.69. The summed E-state index contributed by atoms with van der Waals surface area (Å²) in [7, 11) is 0. The largest absolute Gasteiger partial charge is 0.391 e. The van der Waals surface area contributed by atoms with Crippen molar-refractivity contribution in [3.8, 4) is 0 Å². The van der Waals surface area contributed by atoms with Crippen molar-refractivity contribution >= 4 is 21.6 Å². The molecule has 0 amide bonds. The summed E-state index contributed by atoms with van der Waals surface area (Å²) < 4.78 is 1.11. The second kappa shape index (κ2) is 4.32. The summed E-state index contributed by atoms with van der Waals surface area (Å²) in [5.74, 6) is 0. The maximum Gasteiger partial charge on any atom is 0.0715 e. The van der Waals surface area contributed by atoms with Gasteiger partial charge in [0.2, 0.25) is 0 Å². The molecule has 0 saturated carbocycles. The Morgan fingerprint density at radius 1 is 1.36 bits per heavy atom. The molecule has 1 atom stereocenters. The molecule has 2 nitrogen and oxygen atoms in total. The first-order valence-corrected chi connectivity index (χ1v) is 5.74. The van der Waals surface area contributed by atoms with Crippen LogP contribution < -0.4 is 4.90 Å². The maximum atomic E-state index is 9.57. The molecule has 0 aliphatic carbocycles. The lowest BCUT2D eigenvalue weighted by molar-refractivity contribution is 0.154. The molecular formula is C11H14BrNO. The molecule has 1 saturated heterocycles. The van der Waals surface area contributed by atoms with Crippen LogP contribution in [0, 0.1) is 0 Å². The Balaban J connectivity index is 2.18. The lowest BCUT2D eigenvalue weighted by Gasteiger charge is -2.32. The Kier molecular flexibility index (Phi) is 3.08. The van der Waals surface area contributed by atoms with Crippen LogP contribution in [0.3, 0.4) is 0 Å². The predicted octanol–water partition coefficient (Wildman–Crippen LogP) is 2.41. The molecule has 0 radical (unpaired) electrons. The number of halogens is 1. The van der Waals surface area contributed by atoms with Crippen LogP contribution in [0.2, 0.25) is 0 Å². The minimum absolute atomic E-state index is 0.171. The summed E-state index contributed by atoms with van der Waals surface area (Å²) in [4.78, 5) is 2.23. The third-order valence-electron chi connectivity index (χ3n) is 2.59. The number of benzene rings is 1. The highest BCUT2D eigenvalue weighted by atomic mass is 79.9. The van der Waals surface area contributed by atoms with E-state index in [4.69, 9.17) is 0 Å². The van der Waals surface area contributed by atoms with E-state index >= 15 is 0 Å². The van der Waals surface area contributed by atoms with Gasteiger partial charge in [-0.15, -0.1) is 0 Å². The summed E-state index contributed by atoms with van der Waals surface area (Å²) in [6, 6.07) is 8.16. The van der Waals surface area contributed by atoms with Gasteiger partial charge in [0.25, 0.3) is 0 Å². The summed E-state index contributed by atoms with van der Waals surface area (Å²) in [5.41, 5.74) is 1.19. The maximum absolute atomic E-state index is 9.57. The highest BCUT2D eigenvalue weighted by molar-refractivity contribution is 9.10. The van der Waals surface area contributed by atoms with E-state index in [2.05, 4.69) is 26.9 Å². The van der Waals surface area contributed by atoms with Gasteiger partial charge in [0.05, 0.1) is 11.8 Å². The van der Waals surface area contributed by atoms with Crippen LogP contribution >= 0.6 is 15.9 Å². The van der Waals surface area contributed by atoms with Gasteiger partial charge in [0.15, 0.2) is 0 Å². The third kappa shape index (κ3) is 2.10. The Morgan fingerprint density at radius 3 is 2.86 bits per heavy atom. The van der Waals surface area contributed by atoms with Crippen LogP contribution in [0.1, 0.15) is 12.8 Å². The first-order chi connectivity index (χ1) is 6.77. The number of rotatable bonds is 1.